The molecule has 6 heterocycles. The van der Waals surface area contributed by atoms with Gasteiger partial charge >= 0.3 is 0 Å². The highest BCUT2D eigenvalue weighted by molar-refractivity contribution is 5.92. The van der Waals surface area contributed by atoms with Crippen LogP contribution in [0.25, 0.3) is 28.1 Å². The van der Waals surface area contributed by atoms with Gasteiger partial charge in [0.15, 0.2) is 11.4 Å². The Hall–Kier alpha value is -3.66. The highest BCUT2D eigenvalue weighted by Crippen LogP contribution is 2.34. The maximum atomic E-state index is 11.4. The molecule has 0 bridgehead atoms. The molecule has 4 aromatic rings. The number of piperazine rings is 1. The molecule has 10 nitrogen and oxygen atoms in total. The fraction of sp³-hybridized carbons (Fsp3) is 0.417. The van der Waals surface area contributed by atoms with E-state index in [1.165, 1.54) is 0 Å². The van der Waals surface area contributed by atoms with Gasteiger partial charge in [0.05, 0.1) is 17.6 Å². The number of hydrogen-bond acceptors (Lipinski definition) is 8. The number of rotatable bonds is 5. The van der Waals surface area contributed by atoms with Crippen molar-refractivity contribution in [3.63, 3.8) is 0 Å². The lowest BCUT2D eigenvalue weighted by molar-refractivity contribution is -0.119. The van der Waals surface area contributed by atoms with Crippen molar-refractivity contribution in [1.29, 1.82) is 0 Å². The molecule has 0 aliphatic carbocycles. The van der Waals surface area contributed by atoms with Crippen molar-refractivity contribution < 1.29 is 13.9 Å². The van der Waals surface area contributed by atoms with Crippen molar-refractivity contribution in [3.05, 3.63) is 36.7 Å². The van der Waals surface area contributed by atoms with Gasteiger partial charge < -0.3 is 24.7 Å². The molecule has 6 rings (SSSR count). The third kappa shape index (κ3) is 3.83. The van der Waals surface area contributed by atoms with Gasteiger partial charge in [0.2, 0.25) is 11.8 Å². The summed E-state index contributed by atoms with van der Waals surface area (Å²) in [5.41, 5.74) is 2.21. The number of carbonyl (C=O) groups excluding carboxylic acids is 1. The molecule has 0 aromatic carbocycles. The molecule has 34 heavy (non-hydrogen) atoms. The number of pyridine rings is 1. The quantitative estimate of drug-likeness (QED) is 0.466. The number of carbonyl (C=O) groups is 1. The van der Waals surface area contributed by atoms with Gasteiger partial charge in [-0.1, -0.05) is 0 Å². The average Bonchev–Trinajstić information content (AvgIpc) is 3.54. The van der Waals surface area contributed by atoms with Crippen molar-refractivity contribution in [2.75, 3.05) is 31.1 Å². The lowest BCUT2D eigenvalue weighted by Gasteiger charge is -2.39. The first kappa shape index (κ1) is 20.9. The van der Waals surface area contributed by atoms with Gasteiger partial charge in [-0.25, -0.2) is 14.5 Å². The van der Waals surface area contributed by atoms with E-state index < -0.39 is 0 Å². The second-order valence-corrected chi connectivity index (χ2v) is 9.59. The SMILES string of the molecule is CC1(C)CN(c2nccc3oc(-c4cnc5ccc(OCC6CCC(=O)N6)nn45)cc23)CCN1. The molecule has 1 atom stereocenters. The first-order valence-electron chi connectivity index (χ1n) is 11.6. The molecule has 2 aliphatic heterocycles. The van der Waals surface area contributed by atoms with Gasteiger partial charge in [0.25, 0.3) is 0 Å². The van der Waals surface area contributed by atoms with Gasteiger partial charge in [-0.15, -0.1) is 5.10 Å². The van der Waals surface area contributed by atoms with Crippen LogP contribution in [0.2, 0.25) is 0 Å². The fourth-order valence-electron chi connectivity index (χ4n) is 4.74. The maximum absolute atomic E-state index is 11.4. The first-order valence-corrected chi connectivity index (χ1v) is 11.6. The van der Waals surface area contributed by atoms with Crippen molar-refractivity contribution >= 4 is 28.3 Å². The summed E-state index contributed by atoms with van der Waals surface area (Å²) >= 11 is 0. The monoisotopic (exact) mass is 461 g/mol. The molecular weight excluding hydrogens is 434 g/mol. The van der Waals surface area contributed by atoms with Gasteiger partial charge in [-0.3, -0.25) is 4.79 Å². The number of aromatic nitrogens is 4. The number of imidazole rings is 1. The second kappa shape index (κ2) is 7.98. The summed E-state index contributed by atoms with van der Waals surface area (Å²) in [6.45, 7) is 7.43. The molecule has 2 saturated heterocycles. The van der Waals surface area contributed by atoms with Gasteiger partial charge in [-0.2, -0.15) is 0 Å². The molecule has 2 fully saturated rings. The van der Waals surface area contributed by atoms with Crippen molar-refractivity contribution in [2.24, 2.45) is 0 Å². The topological polar surface area (TPSA) is 110 Å². The molecule has 0 spiro atoms. The lowest BCUT2D eigenvalue weighted by Crippen LogP contribution is -2.57. The minimum absolute atomic E-state index is 0.0118. The number of hydrogen-bond donors (Lipinski definition) is 2. The molecular formula is C24H27N7O3. The highest BCUT2D eigenvalue weighted by atomic mass is 16.5. The van der Waals surface area contributed by atoms with E-state index in [0.717, 1.165) is 48.5 Å². The third-order valence-electron chi connectivity index (χ3n) is 6.40. The molecule has 2 N–H and O–H groups in total. The van der Waals surface area contributed by atoms with Crippen LogP contribution in [-0.4, -0.2) is 63.3 Å². The van der Waals surface area contributed by atoms with Crippen LogP contribution in [0.3, 0.4) is 0 Å². The maximum Gasteiger partial charge on any atom is 0.231 e. The van der Waals surface area contributed by atoms with Crippen molar-refractivity contribution in [2.45, 2.75) is 38.3 Å². The van der Waals surface area contributed by atoms with Crippen LogP contribution in [0.4, 0.5) is 5.82 Å². The molecule has 0 radical (unpaired) electrons. The number of nitrogens with one attached hydrogen (secondary N) is 2. The summed E-state index contributed by atoms with van der Waals surface area (Å²) in [5, 5.41) is 12.0. The normalized spacial score (nSPS) is 20.2. The van der Waals surface area contributed by atoms with Crippen LogP contribution in [0.5, 0.6) is 5.88 Å². The largest absolute Gasteiger partial charge is 0.474 e. The van der Waals surface area contributed by atoms with E-state index in [9.17, 15) is 4.79 Å². The van der Waals surface area contributed by atoms with E-state index in [0.29, 0.717) is 30.3 Å². The Morgan fingerprint density at radius 2 is 2.18 bits per heavy atom. The Labute approximate surface area is 196 Å². The molecule has 176 valence electrons. The van der Waals surface area contributed by atoms with Crippen LogP contribution in [0.15, 0.2) is 41.1 Å². The average molecular weight is 462 g/mol. The van der Waals surface area contributed by atoms with Crippen LogP contribution in [0, 0.1) is 0 Å². The summed E-state index contributed by atoms with van der Waals surface area (Å²) in [4.78, 5) is 22.9. The number of anilines is 1. The first-order chi connectivity index (χ1) is 16.4. The molecule has 4 aromatic heterocycles. The molecule has 0 saturated carbocycles. The minimum atomic E-state index is 0.0118. The van der Waals surface area contributed by atoms with Crippen molar-refractivity contribution in [1.82, 2.24) is 30.2 Å². The number of amides is 1. The number of nitrogens with zero attached hydrogens (tertiary/aromatic N) is 5. The molecule has 1 unspecified atom stereocenters. The zero-order chi connectivity index (χ0) is 23.3. The molecule has 10 heteroatoms. The zero-order valence-electron chi connectivity index (χ0n) is 19.2. The zero-order valence-corrected chi connectivity index (χ0v) is 19.2. The van der Waals surface area contributed by atoms with E-state index in [2.05, 4.69) is 44.4 Å². The fourth-order valence-corrected chi connectivity index (χ4v) is 4.74. The molecule has 1 amide bonds. The van der Waals surface area contributed by atoms with Crippen LogP contribution < -0.4 is 20.3 Å². The highest BCUT2D eigenvalue weighted by Gasteiger charge is 2.28. The number of furan rings is 1. The summed E-state index contributed by atoms with van der Waals surface area (Å²) in [6.07, 6.45) is 4.86. The summed E-state index contributed by atoms with van der Waals surface area (Å²) in [7, 11) is 0. The van der Waals surface area contributed by atoms with Crippen molar-refractivity contribution in [3.8, 4) is 17.3 Å². The standard InChI is InChI=1S/C24H27N7O3/c1-24(2)14-30(10-9-27-24)23-16-11-19(34-18(16)7-8-25-23)17-12-26-20-4-6-22(29-31(17)20)33-13-15-3-5-21(32)28-15/h4,6-8,11-12,15,27H,3,5,9-10,13-14H2,1-2H3,(H,28,32). The number of ether oxygens (including phenoxy) is 1. The van der Waals surface area contributed by atoms with E-state index in [-0.39, 0.29) is 17.5 Å². The van der Waals surface area contributed by atoms with Gasteiger partial charge in [0, 0.05) is 43.9 Å². The Balaban J connectivity index is 1.31. The van der Waals surface area contributed by atoms with Crippen LogP contribution >= 0.6 is 0 Å². The minimum Gasteiger partial charge on any atom is -0.474 e. The van der Waals surface area contributed by atoms with Gasteiger partial charge in [0.1, 0.15) is 23.7 Å². The van der Waals surface area contributed by atoms with E-state index in [4.69, 9.17) is 9.15 Å². The number of fused-ring (bicyclic) bond motifs is 2. The smallest absolute Gasteiger partial charge is 0.231 e. The lowest BCUT2D eigenvalue weighted by atomic mass is 10.0. The summed E-state index contributed by atoms with van der Waals surface area (Å²) < 4.78 is 13.8. The Kier molecular flexibility index (Phi) is 4.91. The van der Waals surface area contributed by atoms with Crippen LogP contribution in [0.1, 0.15) is 26.7 Å². The Morgan fingerprint density at radius 3 is 3.00 bits per heavy atom. The van der Waals surface area contributed by atoms with Crippen LogP contribution in [-0.2, 0) is 4.79 Å². The molecule has 2 aliphatic rings. The Bertz CT molecular complexity index is 1380. The van der Waals surface area contributed by atoms with E-state index in [1.54, 1.807) is 23.0 Å². The Morgan fingerprint density at radius 1 is 1.26 bits per heavy atom. The van der Waals surface area contributed by atoms with Gasteiger partial charge in [-0.05, 0) is 38.5 Å². The third-order valence-corrected chi connectivity index (χ3v) is 6.40. The van der Waals surface area contributed by atoms with E-state index in [1.807, 2.05) is 18.2 Å². The summed E-state index contributed by atoms with van der Waals surface area (Å²) in [6, 6.07) is 7.56. The summed E-state index contributed by atoms with van der Waals surface area (Å²) in [5.74, 6) is 2.12. The predicted molar refractivity (Wildman–Crippen MR) is 127 cm³/mol. The second-order valence-electron chi connectivity index (χ2n) is 9.59. The predicted octanol–water partition coefficient (Wildman–Crippen LogP) is 2.38. The van der Waals surface area contributed by atoms with E-state index >= 15 is 0 Å².